The standard InChI is InChI=1S/C14H9N3OS/c15-7-10-1-3-11(4-2-10)8-18-13-12-5-6-19-14(12)17-9-16-13/h1-6,9H,8H2. The van der Waals surface area contributed by atoms with Gasteiger partial charge >= 0.3 is 0 Å². The number of hydrogen-bond acceptors (Lipinski definition) is 5. The maximum Gasteiger partial charge on any atom is 0.225 e. The molecular formula is C14H9N3OS. The van der Waals surface area contributed by atoms with E-state index in [4.69, 9.17) is 10.00 Å². The Labute approximate surface area is 113 Å². The van der Waals surface area contributed by atoms with Crippen molar-refractivity contribution < 1.29 is 4.74 Å². The molecule has 0 unspecified atom stereocenters. The first-order valence-electron chi connectivity index (χ1n) is 5.67. The second kappa shape index (κ2) is 5.04. The van der Waals surface area contributed by atoms with E-state index in [2.05, 4.69) is 16.0 Å². The summed E-state index contributed by atoms with van der Waals surface area (Å²) in [4.78, 5) is 9.24. The Balaban J connectivity index is 1.78. The fourth-order valence-electron chi connectivity index (χ4n) is 1.71. The minimum absolute atomic E-state index is 0.424. The van der Waals surface area contributed by atoms with Crippen LogP contribution in [0.2, 0.25) is 0 Å². The molecule has 0 aliphatic heterocycles. The van der Waals surface area contributed by atoms with Crippen molar-refractivity contribution >= 4 is 21.6 Å². The summed E-state index contributed by atoms with van der Waals surface area (Å²) in [5.41, 5.74) is 1.65. The zero-order valence-electron chi connectivity index (χ0n) is 9.91. The predicted octanol–water partition coefficient (Wildman–Crippen LogP) is 3.14. The molecule has 0 atom stereocenters. The molecule has 0 bridgehead atoms. The topological polar surface area (TPSA) is 58.8 Å². The van der Waals surface area contributed by atoms with Gasteiger partial charge in [-0.15, -0.1) is 11.3 Å². The van der Waals surface area contributed by atoms with Crippen LogP contribution >= 0.6 is 11.3 Å². The minimum Gasteiger partial charge on any atom is -0.472 e. The van der Waals surface area contributed by atoms with Crippen LogP contribution in [0.3, 0.4) is 0 Å². The molecule has 19 heavy (non-hydrogen) atoms. The number of hydrogen-bond donors (Lipinski definition) is 0. The summed E-state index contributed by atoms with van der Waals surface area (Å²) in [5, 5.41) is 11.6. The molecule has 4 nitrogen and oxygen atoms in total. The van der Waals surface area contributed by atoms with Crippen molar-refractivity contribution in [1.29, 1.82) is 5.26 Å². The molecule has 0 amide bonds. The van der Waals surface area contributed by atoms with Gasteiger partial charge in [0.15, 0.2) is 0 Å². The number of aromatic nitrogens is 2. The lowest BCUT2D eigenvalue weighted by molar-refractivity contribution is 0.297. The number of nitriles is 1. The summed E-state index contributed by atoms with van der Waals surface area (Å²) in [6, 6.07) is 11.4. The molecule has 0 saturated heterocycles. The van der Waals surface area contributed by atoms with Gasteiger partial charge in [0.2, 0.25) is 5.88 Å². The lowest BCUT2D eigenvalue weighted by atomic mass is 10.2. The zero-order chi connectivity index (χ0) is 13.1. The number of rotatable bonds is 3. The van der Waals surface area contributed by atoms with Crippen molar-refractivity contribution in [2.45, 2.75) is 6.61 Å². The second-order valence-corrected chi connectivity index (χ2v) is 4.81. The Morgan fingerprint density at radius 3 is 2.79 bits per heavy atom. The summed E-state index contributed by atoms with van der Waals surface area (Å²) in [6.07, 6.45) is 1.51. The van der Waals surface area contributed by atoms with Crippen molar-refractivity contribution in [3.63, 3.8) is 0 Å². The molecule has 3 aromatic rings. The molecule has 3 rings (SSSR count). The molecular weight excluding hydrogens is 258 g/mol. The van der Waals surface area contributed by atoms with Crippen molar-refractivity contribution in [2.75, 3.05) is 0 Å². The molecule has 0 spiro atoms. The van der Waals surface area contributed by atoms with E-state index in [0.29, 0.717) is 18.1 Å². The summed E-state index contributed by atoms with van der Waals surface area (Å²) >= 11 is 1.56. The quantitative estimate of drug-likeness (QED) is 0.731. The molecule has 0 aliphatic carbocycles. The summed E-state index contributed by atoms with van der Waals surface area (Å²) in [7, 11) is 0. The molecule has 0 N–H and O–H groups in total. The van der Waals surface area contributed by atoms with Crippen molar-refractivity contribution in [3.8, 4) is 11.9 Å². The van der Waals surface area contributed by atoms with Gasteiger partial charge < -0.3 is 4.74 Å². The Morgan fingerprint density at radius 2 is 2.00 bits per heavy atom. The molecule has 2 heterocycles. The van der Waals surface area contributed by atoms with E-state index in [1.165, 1.54) is 6.33 Å². The third-order valence-electron chi connectivity index (χ3n) is 2.68. The van der Waals surface area contributed by atoms with E-state index < -0.39 is 0 Å². The zero-order valence-corrected chi connectivity index (χ0v) is 10.7. The van der Waals surface area contributed by atoms with Crippen molar-refractivity contribution in [3.05, 3.63) is 53.2 Å². The first-order valence-corrected chi connectivity index (χ1v) is 6.55. The highest BCUT2D eigenvalue weighted by Crippen LogP contribution is 2.25. The largest absolute Gasteiger partial charge is 0.472 e. The highest BCUT2D eigenvalue weighted by molar-refractivity contribution is 7.16. The average Bonchev–Trinajstić information content (AvgIpc) is 2.94. The minimum atomic E-state index is 0.424. The van der Waals surface area contributed by atoms with Crippen LogP contribution in [0.1, 0.15) is 11.1 Å². The van der Waals surface area contributed by atoms with Gasteiger partial charge in [-0.2, -0.15) is 5.26 Å². The molecule has 0 radical (unpaired) electrons. The summed E-state index contributed by atoms with van der Waals surface area (Å²) in [5.74, 6) is 0.593. The second-order valence-electron chi connectivity index (χ2n) is 3.92. The lowest BCUT2D eigenvalue weighted by Crippen LogP contribution is -1.97. The predicted molar refractivity (Wildman–Crippen MR) is 72.9 cm³/mol. The molecule has 0 aliphatic rings. The van der Waals surface area contributed by atoms with Gasteiger partial charge in [-0.25, -0.2) is 9.97 Å². The van der Waals surface area contributed by atoms with Crippen molar-refractivity contribution in [1.82, 2.24) is 9.97 Å². The third-order valence-corrected chi connectivity index (χ3v) is 3.50. The highest BCUT2D eigenvalue weighted by atomic mass is 32.1. The van der Waals surface area contributed by atoms with Crippen LogP contribution in [0, 0.1) is 11.3 Å². The number of nitrogens with zero attached hydrogens (tertiary/aromatic N) is 3. The van der Waals surface area contributed by atoms with Crippen LogP contribution in [0.15, 0.2) is 42.0 Å². The molecule has 2 aromatic heterocycles. The van der Waals surface area contributed by atoms with E-state index in [-0.39, 0.29) is 0 Å². The van der Waals surface area contributed by atoms with E-state index in [0.717, 1.165) is 15.8 Å². The number of fused-ring (bicyclic) bond motifs is 1. The van der Waals surface area contributed by atoms with E-state index in [9.17, 15) is 0 Å². The molecule has 5 heteroatoms. The average molecular weight is 267 g/mol. The molecule has 1 aromatic carbocycles. The third kappa shape index (κ3) is 2.39. The van der Waals surface area contributed by atoms with Crippen LogP contribution < -0.4 is 4.74 Å². The Hall–Kier alpha value is -2.45. The van der Waals surface area contributed by atoms with Crippen LogP contribution in [0.25, 0.3) is 10.2 Å². The van der Waals surface area contributed by atoms with Gasteiger partial charge in [-0.3, -0.25) is 0 Å². The Kier molecular flexibility index (Phi) is 3.09. The van der Waals surface area contributed by atoms with Crippen LogP contribution in [-0.2, 0) is 6.61 Å². The van der Waals surface area contributed by atoms with Gasteiger partial charge in [-0.05, 0) is 29.1 Å². The monoisotopic (exact) mass is 267 g/mol. The molecule has 92 valence electrons. The Bertz CT molecular complexity index is 743. The van der Waals surface area contributed by atoms with Gasteiger partial charge in [0.05, 0.1) is 17.0 Å². The van der Waals surface area contributed by atoms with Gasteiger partial charge in [0, 0.05) is 0 Å². The fraction of sp³-hybridized carbons (Fsp3) is 0.0714. The van der Waals surface area contributed by atoms with Gasteiger partial charge in [-0.1, -0.05) is 12.1 Å². The van der Waals surface area contributed by atoms with E-state index in [1.807, 2.05) is 23.6 Å². The van der Waals surface area contributed by atoms with Crippen LogP contribution in [0.5, 0.6) is 5.88 Å². The number of benzene rings is 1. The van der Waals surface area contributed by atoms with E-state index in [1.54, 1.807) is 23.5 Å². The lowest BCUT2D eigenvalue weighted by Gasteiger charge is -2.05. The van der Waals surface area contributed by atoms with Crippen molar-refractivity contribution in [2.24, 2.45) is 0 Å². The molecule has 0 saturated carbocycles. The maximum absolute atomic E-state index is 8.73. The van der Waals surface area contributed by atoms with Gasteiger partial charge in [0.1, 0.15) is 17.8 Å². The SMILES string of the molecule is N#Cc1ccc(COc2ncnc3sccc23)cc1. The van der Waals surface area contributed by atoms with Crippen LogP contribution in [0.4, 0.5) is 0 Å². The molecule has 0 fully saturated rings. The highest BCUT2D eigenvalue weighted by Gasteiger charge is 2.05. The normalized spacial score (nSPS) is 10.3. The first kappa shape index (κ1) is 11.6. The fourth-order valence-corrected chi connectivity index (χ4v) is 2.43. The maximum atomic E-state index is 8.73. The van der Waals surface area contributed by atoms with Crippen LogP contribution in [-0.4, -0.2) is 9.97 Å². The number of thiophene rings is 1. The smallest absolute Gasteiger partial charge is 0.225 e. The van der Waals surface area contributed by atoms with E-state index >= 15 is 0 Å². The summed E-state index contributed by atoms with van der Waals surface area (Å²) in [6.45, 7) is 0.424. The first-order chi connectivity index (χ1) is 9.36. The summed E-state index contributed by atoms with van der Waals surface area (Å²) < 4.78 is 5.71. The van der Waals surface area contributed by atoms with Gasteiger partial charge in [0.25, 0.3) is 0 Å². The number of ether oxygens (including phenoxy) is 1. The Morgan fingerprint density at radius 1 is 1.16 bits per heavy atom.